The average molecular weight is 253 g/mol. The second-order valence-electron chi connectivity index (χ2n) is 4.36. The van der Waals surface area contributed by atoms with Crippen molar-refractivity contribution in [3.63, 3.8) is 0 Å². The summed E-state index contributed by atoms with van der Waals surface area (Å²) in [4.78, 5) is 0. The van der Waals surface area contributed by atoms with Crippen LogP contribution in [0.4, 0.5) is 0 Å². The first-order valence-electron chi connectivity index (χ1n) is 6.38. The molecule has 1 rings (SSSR count). The van der Waals surface area contributed by atoms with Crippen LogP contribution in [0, 0.1) is 0 Å². The van der Waals surface area contributed by atoms with Crippen LogP contribution in [0.25, 0.3) is 0 Å². The van der Waals surface area contributed by atoms with Gasteiger partial charge < -0.3 is 5.73 Å². The van der Waals surface area contributed by atoms with Crippen molar-refractivity contribution in [2.75, 3.05) is 18.1 Å². The lowest BCUT2D eigenvalue weighted by Gasteiger charge is -2.14. The Hall–Kier alpha value is -0.670. The van der Waals surface area contributed by atoms with Crippen LogP contribution >= 0.6 is 0 Å². The standard InChI is InChI=1S/C14H23NOS/c1-2-3-7-10-17(16)12-14(11-15)13-8-5-4-6-9-13/h4-6,8-9,14H,2-3,7,10-12,15H2,1H3. The molecule has 0 aliphatic carbocycles. The second-order valence-corrected chi connectivity index (χ2v) is 5.98. The lowest BCUT2D eigenvalue weighted by molar-refractivity contribution is 0.666. The molecule has 0 bridgehead atoms. The average Bonchev–Trinajstić information content (AvgIpc) is 2.37. The summed E-state index contributed by atoms with van der Waals surface area (Å²) < 4.78 is 11.9. The van der Waals surface area contributed by atoms with Crippen LogP contribution in [0.5, 0.6) is 0 Å². The molecule has 0 fully saturated rings. The highest BCUT2D eigenvalue weighted by Gasteiger charge is 2.12. The molecule has 0 aromatic heterocycles. The number of benzene rings is 1. The normalized spacial score (nSPS) is 14.5. The maximum absolute atomic E-state index is 11.9. The predicted molar refractivity (Wildman–Crippen MR) is 75.6 cm³/mol. The van der Waals surface area contributed by atoms with Crippen molar-refractivity contribution in [3.05, 3.63) is 35.9 Å². The van der Waals surface area contributed by atoms with Crippen LogP contribution in [0.1, 0.15) is 37.7 Å². The Labute approximate surface area is 107 Å². The van der Waals surface area contributed by atoms with E-state index in [2.05, 4.69) is 19.1 Å². The number of rotatable bonds is 8. The highest BCUT2D eigenvalue weighted by Crippen LogP contribution is 2.15. The molecule has 0 aliphatic heterocycles. The smallest absolute Gasteiger partial charge is 0.0315 e. The van der Waals surface area contributed by atoms with Crippen LogP contribution < -0.4 is 5.73 Å². The summed E-state index contributed by atoms with van der Waals surface area (Å²) in [6.45, 7) is 2.74. The Kier molecular flexibility index (Phi) is 7.13. The monoisotopic (exact) mass is 253 g/mol. The maximum atomic E-state index is 11.9. The van der Waals surface area contributed by atoms with Crippen molar-refractivity contribution in [2.24, 2.45) is 5.73 Å². The van der Waals surface area contributed by atoms with Crippen LogP contribution in [0.15, 0.2) is 30.3 Å². The van der Waals surface area contributed by atoms with Gasteiger partial charge in [-0.15, -0.1) is 0 Å². The molecule has 2 atom stereocenters. The molecule has 3 heteroatoms. The molecular weight excluding hydrogens is 230 g/mol. The number of hydrogen-bond acceptors (Lipinski definition) is 2. The minimum atomic E-state index is -0.732. The molecule has 96 valence electrons. The van der Waals surface area contributed by atoms with Crippen LogP contribution in [-0.2, 0) is 10.8 Å². The highest BCUT2D eigenvalue weighted by molar-refractivity contribution is 7.85. The molecule has 2 unspecified atom stereocenters. The van der Waals surface area contributed by atoms with Gasteiger partial charge in [0.05, 0.1) is 0 Å². The minimum absolute atomic E-state index is 0.235. The summed E-state index contributed by atoms with van der Waals surface area (Å²) in [5, 5.41) is 0. The van der Waals surface area contributed by atoms with Gasteiger partial charge in [-0.05, 0) is 12.0 Å². The summed E-state index contributed by atoms with van der Waals surface area (Å²) >= 11 is 0. The van der Waals surface area contributed by atoms with E-state index < -0.39 is 10.8 Å². The molecule has 2 N–H and O–H groups in total. The van der Waals surface area contributed by atoms with E-state index in [-0.39, 0.29) is 5.92 Å². The molecule has 17 heavy (non-hydrogen) atoms. The van der Waals surface area contributed by atoms with Gasteiger partial charge >= 0.3 is 0 Å². The van der Waals surface area contributed by atoms with E-state index in [4.69, 9.17) is 5.73 Å². The van der Waals surface area contributed by atoms with E-state index in [0.717, 1.165) is 12.2 Å². The Morgan fingerprint density at radius 1 is 1.24 bits per heavy atom. The highest BCUT2D eigenvalue weighted by atomic mass is 32.2. The summed E-state index contributed by atoms with van der Waals surface area (Å²) in [7, 11) is -0.732. The van der Waals surface area contributed by atoms with Gasteiger partial charge in [0.25, 0.3) is 0 Å². The van der Waals surface area contributed by atoms with Crippen LogP contribution in [0.2, 0.25) is 0 Å². The molecule has 0 radical (unpaired) electrons. The van der Waals surface area contributed by atoms with Crippen molar-refractivity contribution in [2.45, 2.75) is 32.1 Å². The molecule has 0 aliphatic rings. The van der Waals surface area contributed by atoms with E-state index in [9.17, 15) is 4.21 Å². The lowest BCUT2D eigenvalue weighted by atomic mass is 10.0. The molecule has 0 saturated heterocycles. The van der Waals surface area contributed by atoms with Crippen molar-refractivity contribution in [1.82, 2.24) is 0 Å². The molecule has 0 amide bonds. The van der Waals surface area contributed by atoms with Crippen molar-refractivity contribution < 1.29 is 4.21 Å². The maximum Gasteiger partial charge on any atom is 0.0315 e. The van der Waals surface area contributed by atoms with E-state index >= 15 is 0 Å². The third kappa shape index (κ3) is 5.46. The first-order chi connectivity index (χ1) is 8.27. The predicted octanol–water partition coefficient (Wildman–Crippen LogP) is 2.67. The Morgan fingerprint density at radius 2 is 1.94 bits per heavy atom. The summed E-state index contributed by atoms with van der Waals surface area (Å²) in [6, 6.07) is 10.2. The van der Waals surface area contributed by atoms with Gasteiger partial charge in [-0.25, -0.2) is 0 Å². The van der Waals surface area contributed by atoms with Crippen LogP contribution in [0.3, 0.4) is 0 Å². The van der Waals surface area contributed by atoms with Gasteiger partial charge in [0.1, 0.15) is 0 Å². The second kappa shape index (κ2) is 8.43. The van der Waals surface area contributed by atoms with Gasteiger partial charge in [-0.2, -0.15) is 0 Å². The number of nitrogens with two attached hydrogens (primary N) is 1. The van der Waals surface area contributed by atoms with E-state index in [0.29, 0.717) is 12.3 Å². The number of unbranched alkanes of at least 4 members (excludes halogenated alkanes) is 2. The minimum Gasteiger partial charge on any atom is -0.330 e. The largest absolute Gasteiger partial charge is 0.330 e. The van der Waals surface area contributed by atoms with Crippen molar-refractivity contribution in [1.29, 1.82) is 0 Å². The molecule has 0 spiro atoms. The van der Waals surface area contributed by atoms with Gasteiger partial charge in [0.2, 0.25) is 0 Å². The van der Waals surface area contributed by atoms with E-state index in [1.54, 1.807) is 0 Å². The van der Waals surface area contributed by atoms with Crippen LogP contribution in [-0.4, -0.2) is 22.3 Å². The molecule has 2 nitrogen and oxygen atoms in total. The van der Waals surface area contributed by atoms with Gasteiger partial charge in [0, 0.05) is 34.8 Å². The lowest BCUT2D eigenvalue weighted by Crippen LogP contribution is -2.20. The Bertz CT molecular complexity index is 326. The molecule has 0 heterocycles. The first kappa shape index (κ1) is 14.4. The fraction of sp³-hybridized carbons (Fsp3) is 0.571. The molecule has 1 aromatic carbocycles. The Balaban J connectivity index is 2.44. The zero-order valence-corrected chi connectivity index (χ0v) is 11.4. The van der Waals surface area contributed by atoms with Crippen molar-refractivity contribution in [3.8, 4) is 0 Å². The summed E-state index contributed by atoms with van der Waals surface area (Å²) in [5.74, 6) is 1.75. The SMILES string of the molecule is CCCCCS(=O)CC(CN)c1ccccc1. The van der Waals surface area contributed by atoms with Gasteiger partial charge in [-0.1, -0.05) is 50.1 Å². The zero-order chi connectivity index (χ0) is 12.5. The molecular formula is C14H23NOS. The summed E-state index contributed by atoms with van der Waals surface area (Å²) in [6.07, 6.45) is 3.41. The fourth-order valence-corrected chi connectivity index (χ4v) is 3.32. The van der Waals surface area contributed by atoms with E-state index in [1.807, 2.05) is 18.2 Å². The Morgan fingerprint density at radius 3 is 2.53 bits per heavy atom. The third-order valence-corrected chi connectivity index (χ3v) is 4.44. The van der Waals surface area contributed by atoms with E-state index in [1.165, 1.54) is 18.4 Å². The quantitative estimate of drug-likeness (QED) is 0.724. The van der Waals surface area contributed by atoms with Crippen molar-refractivity contribution >= 4 is 10.8 Å². The molecule has 1 aromatic rings. The van der Waals surface area contributed by atoms with Gasteiger partial charge in [-0.3, -0.25) is 4.21 Å². The third-order valence-electron chi connectivity index (χ3n) is 2.92. The van der Waals surface area contributed by atoms with Gasteiger partial charge in [0.15, 0.2) is 0 Å². The fourth-order valence-electron chi connectivity index (χ4n) is 1.85. The number of hydrogen-bond donors (Lipinski definition) is 1. The summed E-state index contributed by atoms with van der Waals surface area (Å²) in [5.41, 5.74) is 6.98. The first-order valence-corrected chi connectivity index (χ1v) is 7.86. The topological polar surface area (TPSA) is 43.1 Å². The molecule has 0 saturated carbocycles. The zero-order valence-electron chi connectivity index (χ0n) is 10.6.